The van der Waals surface area contributed by atoms with Gasteiger partial charge in [-0.1, -0.05) is 66.6 Å². The van der Waals surface area contributed by atoms with Crippen molar-refractivity contribution >= 4 is 28.8 Å². The molecule has 0 saturated heterocycles. The molecule has 0 saturated carbocycles. The maximum Gasteiger partial charge on any atom is 0.226 e. The first-order chi connectivity index (χ1) is 12.6. The molecule has 1 atom stereocenters. The van der Waals surface area contributed by atoms with Gasteiger partial charge in [-0.3, -0.25) is 4.79 Å². The summed E-state index contributed by atoms with van der Waals surface area (Å²) in [6.45, 7) is 4.13. The molecule has 0 aliphatic rings. The Morgan fingerprint density at radius 3 is 2.62 bits per heavy atom. The minimum absolute atomic E-state index is 0.0183. The predicted molar refractivity (Wildman–Crippen MR) is 109 cm³/mol. The lowest BCUT2D eigenvalue weighted by molar-refractivity contribution is -0.121. The number of thiazole rings is 1. The van der Waals surface area contributed by atoms with Crippen molar-refractivity contribution < 1.29 is 4.79 Å². The summed E-state index contributed by atoms with van der Waals surface area (Å²) in [7, 11) is 0. The lowest BCUT2D eigenvalue weighted by Gasteiger charge is -2.17. The molecule has 0 aliphatic carbocycles. The standard InChI is InChI=1S/C21H21ClN2OS/c1-3-19(15-10-8-14(2)9-11-15)24-20(25)12-16-13-26-21(23-16)17-6-4-5-7-18(17)22/h4-11,13,19H,3,12H2,1-2H3,(H,24,25). The monoisotopic (exact) mass is 384 g/mol. The summed E-state index contributed by atoms with van der Waals surface area (Å²) in [5.74, 6) is -0.0200. The van der Waals surface area contributed by atoms with Crippen LogP contribution in [0, 0.1) is 6.92 Å². The van der Waals surface area contributed by atoms with E-state index in [0.29, 0.717) is 5.02 Å². The molecule has 1 unspecified atom stereocenters. The fourth-order valence-electron chi connectivity index (χ4n) is 2.78. The zero-order chi connectivity index (χ0) is 18.5. The second kappa shape index (κ2) is 8.47. The van der Waals surface area contributed by atoms with Gasteiger partial charge in [0, 0.05) is 10.9 Å². The van der Waals surface area contributed by atoms with E-state index in [0.717, 1.165) is 28.2 Å². The highest BCUT2D eigenvalue weighted by molar-refractivity contribution is 7.13. The third-order valence-corrected chi connectivity index (χ3v) is 5.47. The molecule has 1 N–H and O–H groups in total. The molecular weight excluding hydrogens is 364 g/mol. The van der Waals surface area contributed by atoms with Crippen molar-refractivity contribution in [1.29, 1.82) is 0 Å². The van der Waals surface area contributed by atoms with Crippen molar-refractivity contribution in [3.05, 3.63) is 75.8 Å². The van der Waals surface area contributed by atoms with E-state index >= 15 is 0 Å². The molecule has 1 amide bonds. The number of nitrogens with zero attached hydrogens (tertiary/aromatic N) is 1. The molecule has 0 radical (unpaired) electrons. The number of carbonyl (C=O) groups excluding carboxylic acids is 1. The summed E-state index contributed by atoms with van der Waals surface area (Å²) >= 11 is 7.73. The lowest BCUT2D eigenvalue weighted by Crippen LogP contribution is -2.29. The first kappa shape index (κ1) is 18.6. The van der Waals surface area contributed by atoms with Gasteiger partial charge in [0.25, 0.3) is 0 Å². The van der Waals surface area contributed by atoms with Gasteiger partial charge >= 0.3 is 0 Å². The molecule has 1 heterocycles. The molecule has 3 aromatic rings. The maximum atomic E-state index is 12.5. The highest BCUT2D eigenvalue weighted by atomic mass is 35.5. The Morgan fingerprint density at radius 1 is 1.19 bits per heavy atom. The van der Waals surface area contributed by atoms with Crippen LogP contribution in [0.15, 0.2) is 53.9 Å². The van der Waals surface area contributed by atoms with Crippen molar-refractivity contribution in [2.75, 3.05) is 0 Å². The van der Waals surface area contributed by atoms with Gasteiger partial charge in [0.15, 0.2) is 0 Å². The molecule has 0 aliphatic heterocycles. The number of aromatic nitrogens is 1. The molecule has 26 heavy (non-hydrogen) atoms. The van der Waals surface area contributed by atoms with Crippen LogP contribution in [0.5, 0.6) is 0 Å². The topological polar surface area (TPSA) is 42.0 Å². The normalized spacial score (nSPS) is 12.0. The first-order valence-electron chi connectivity index (χ1n) is 8.62. The Balaban J connectivity index is 1.66. The maximum absolute atomic E-state index is 12.5. The molecule has 0 bridgehead atoms. The third-order valence-electron chi connectivity index (χ3n) is 4.22. The van der Waals surface area contributed by atoms with E-state index in [1.54, 1.807) is 0 Å². The Kier molecular flexibility index (Phi) is 6.07. The molecular formula is C21H21ClN2OS. The van der Waals surface area contributed by atoms with Crippen LogP contribution < -0.4 is 5.32 Å². The quantitative estimate of drug-likeness (QED) is 0.602. The van der Waals surface area contributed by atoms with Gasteiger partial charge < -0.3 is 5.32 Å². The smallest absolute Gasteiger partial charge is 0.226 e. The van der Waals surface area contributed by atoms with Crippen LogP contribution >= 0.6 is 22.9 Å². The fraction of sp³-hybridized carbons (Fsp3) is 0.238. The van der Waals surface area contributed by atoms with E-state index in [-0.39, 0.29) is 18.4 Å². The van der Waals surface area contributed by atoms with Crippen LogP contribution in [0.1, 0.15) is 36.2 Å². The van der Waals surface area contributed by atoms with E-state index in [1.807, 2.05) is 29.6 Å². The van der Waals surface area contributed by atoms with E-state index in [9.17, 15) is 4.79 Å². The SMILES string of the molecule is CCC(NC(=O)Cc1csc(-c2ccccc2Cl)n1)c1ccc(C)cc1. The molecule has 3 nitrogen and oxygen atoms in total. The van der Waals surface area contributed by atoms with E-state index in [2.05, 4.69) is 48.4 Å². The highest BCUT2D eigenvalue weighted by Gasteiger charge is 2.15. The minimum Gasteiger partial charge on any atom is -0.349 e. The van der Waals surface area contributed by atoms with Gasteiger partial charge in [-0.15, -0.1) is 11.3 Å². The van der Waals surface area contributed by atoms with Gasteiger partial charge in [-0.25, -0.2) is 4.98 Å². The van der Waals surface area contributed by atoms with E-state index in [4.69, 9.17) is 11.6 Å². The summed E-state index contributed by atoms with van der Waals surface area (Å²) in [6, 6.07) is 15.9. The van der Waals surface area contributed by atoms with Crippen molar-refractivity contribution in [2.24, 2.45) is 0 Å². The fourth-order valence-corrected chi connectivity index (χ4v) is 3.92. The summed E-state index contributed by atoms with van der Waals surface area (Å²) in [6.07, 6.45) is 1.11. The van der Waals surface area contributed by atoms with Gasteiger partial charge in [0.05, 0.1) is 23.2 Å². The number of amides is 1. The number of rotatable bonds is 6. The van der Waals surface area contributed by atoms with Gasteiger partial charge in [-0.2, -0.15) is 0 Å². The predicted octanol–water partition coefficient (Wildman–Crippen LogP) is 5.58. The van der Waals surface area contributed by atoms with Crippen LogP contribution in [0.3, 0.4) is 0 Å². The van der Waals surface area contributed by atoms with Crippen molar-refractivity contribution in [2.45, 2.75) is 32.7 Å². The van der Waals surface area contributed by atoms with E-state index in [1.165, 1.54) is 16.9 Å². The van der Waals surface area contributed by atoms with Crippen LogP contribution in [0.2, 0.25) is 5.02 Å². The average Bonchev–Trinajstić information content (AvgIpc) is 3.09. The minimum atomic E-state index is -0.0200. The molecule has 2 aromatic carbocycles. The van der Waals surface area contributed by atoms with Crippen molar-refractivity contribution in [3.8, 4) is 10.6 Å². The Morgan fingerprint density at radius 2 is 1.92 bits per heavy atom. The number of aryl methyl sites for hydroxylation is 1. The van der Waals surface area contributed by atoms with Crippen LogP contribution in [0.4, 0.5) is 0 Å². The summed E-state index contributed by atoms with van der Waals surface area (Å²) in [5, 5.41) is 6.54. The Labute approximate surface area is 163 Å². The summed E-state index contributed by atoms with van der Waals surface area (Å²) in [5.41, 5.74) is 4.00. The average molecular weight is 385 g/mol. The van der Waals surface area contributed by atoms with Crippen LogP contribution in [0.25, 0.3) is 10.6 Å². The summed E-state index contributed by atoms with van der Waals surface area (Å²) < 4.78 is 0. The lowest BCUT2D eigenvalue weighted by atomic mass is 10.0. The largest absolute Gasteiger partial charge is 0.349 e. The number of halogens is 1. The van der Waals surface area contributed by atoms with Crippen LogP contribution in [-0.2, 0) is 11.2 Å². The zero-order valence-corrected chi connectivity index (χ0v) is 16.4. The Hall–Kier alpha value is -2.17. The van der Waals surface area contributed by atoms with E-state index < -0.39 is 0 Å². The third kappa shape index (κ3) is 4.51. The number of hydrogen-bond donors (Lipinski definition) is 1. The van der Waals surface area contributed by atoms with Crippen LogP contribution in [-0.4, -0.2) is 10.9 Å². The molecule has 5 heteroatoms. The second-order valence-corrected chi connectivity index (χ2v) is 7.50. The molecule has 3 rings (SSSR count). The first-order valence-corrected chi connectivity index (χ1v) is 9.87. The Bertz CT molecular complexity index is 889. The second-order valence-electron chi connectivity index (χ2n) is 6.24. The zero-order valence-electron chi connectivity index (χ0n) is 14.8. The number of carbonyl (C=O) groups is 1. The number of nitrogens with one attached hydrogen (secondary N) is 1. The highest BCUT2D eigenvalue weighted by Crippen LogP contribution is 2.30. The molecule has 0 fully saturated rings. The van der Waals surface area contributed by atoms with Crippen molar-refractivity contribution in [3.63, 3.8) is 0 Å². The van der Waals surface area contributed by atoms with Crippen molar-refractivity contribution in [1.82, 2.24) is 10.3 Å². The molecule has 1 aromatic heterocycles. The summed E-state index contributed by atoms with van der Waals surface area (Å²) in [4.78, 5) is 17.0. The van der Waals surface area contributed by atoms with Gasteiger partial charge in [-0.05, 0) is 25.0 Å². The number of hydrogen-bond acceptors (Lipinski definition) is 3. The van der Waals surface area contributed by atoms with Gasteiger partial charge in [0.2, 0.25) is 5.91 Å². The number of benzene rings is 2. The molecule has 134 valence electrons. The van der Waals surface area contributed by atoms with Gasteiger partial charge in [0.1, 0.15) is 5.01 Å². The molecule has 0 spiro atoms.